The maximum atomic E-state index is 12.3. The molecule has 0 aliphatic carbocycles. The summed E-state index contributed by atoms with van der Waals surface area (Å²) in [6, 6.07) is 8.33. The highest BCUT2D eigenvalue weighted by molar-refractivity contribution is 9.10. The molecule has 1 aliphatic rings. The smallest absolute Gasteiger partial charge is 0.165 e. The minimum Gasteiger partial charge on any atom is -0.304 e. The van der Waals surface area contributed by atoms with E-state index >= 15 is 0 Å². The fraction of sp³-hybridized carbons (Fsp3) is 0.588. The Kier molecular flexibility index (Phi) is 6.40. The Bertz CT molecular complexity index is 478. The number of benzene rings is 1. The Hall–Kier alpha value is -0.710. The number of likely N-dealkylation sites (N-methyl/N-ethyl adjacent to an activating group) is 2. The Morgan fingerprint density at radius 2 is 2.19 bits per heavy atom. The van der Waals surface area contributed by atoms with Crippen LogP contribution in [0.15, 0.2) is 28.7 Å². The van der Waals surface area contributed by atoms with Crippen molar-refractivity contribution in [3.05, 3.63) is 34.3 Å². The Morgan fingerprint density at radius 1 is 1.43 bits per heavy atom. The maximum absolute atomic E-state index is 12.3. The van der Waals surface area contributed by atoms with E-state index in [0.717, 1.165) is 29.7 Å². The summed E-state index contributed by atoms with van der Waals surface area (Å²) in [5.41, 5.74) is 0.793. The van der Waals surface area contributed by atoms with Gasteiger partial charge >= 0.3 is 0 Å². The standard InChI is InChI=1S/C17H25BrN2O/c1-3-20-11-6-7-14(20)13-19(2)12-10-17(21)15-8-4-5-9-16(15)18/h4-5,8-9,14H,3,6-7,10-13H2,1-2H3. The second-order valence-electron chi connectivity index (χ2n) is 5.84. The number of carbonyl (C=O) groups is 1. The highest BCUT2D eigenvalue weighted by Crippen LogP contribution is 2.19. The minimum absolute atomic E-state index is 0.216. The summed E-state index contributed by atoms with van der Waals surface area (Å²) < 4.78 is 0.894. The van der Waals surface area contributed by atoms with Crippen LogP contribution in [0.5, 0.6) is 0 Å². The Labute approximate surface area is 136 Å². The van der Waals surface area contributed by atoms with Gasteiger partial charge in [-0.15, -0.1) is 0 Å². The largest absolute Gasteiger partial charge is 0.304 e. The van der Waals surface area contributed by atoms with Gasteiger partial charge in [-0.05, 0) is 39.0 Å². The molecule has 0 radical (unpaired) electrons. The molecule has 1 aliphatic heterocycles. The molecule has 0 amide bonds. The van der Waals surface area contributed by atoms with E-state index in [0.29, 0.717) is 12.5 Å². The van der Waals surface area contributed by atoms with Crippen molar-refractivity contribution < 1.29 is 4.79 Å². The molecule has 1 saturated heterocycles. The van der Waals surface area contributed by atoms with Crippen LogP contribution in [-0.2, 0) is 0 Å². The van der Waals surface area contributed by atoms with E-state index in [2.05, 4.69) is 39.7 Å². The van der Waals surface area contributed by atoms with Crippen molar-refractivity contribution in [2.45, 2.75) is 32.2 Å². The number of Topliss-reactive ketones (excluding diaryl/α,β-unsaturated/α-hetero) is 1. The summed E-state index contributed by atoms with van der Waals surface area (Å²) in [5, 5.41) is 0. The second-order valence-corrected chi connectivity index (χ2v) is 6.69. The molecular formula is C17H25BrN2O. The predicted molar refractivity (Wildman–Crippen MR) is 90.9 cm³/mol. The third-order valence-corrected chi connectivity index (χ3v) is 5.01. The van der Waals surface area contributed by atoms with Crippen molar-refractivity contribution >= 4 is 21.7 Å². The van der Waals surface area contributed by atoms with E-state index in [1.54, 1.807) is 0 Å². The normalized spacial score (nSPS) is 19.3. The number of hydrogen-bond donors (Lipinski definition) is 0. The fourth-order valence-corrected chi connectivity index (χ4v) is 3.59. The Balaban J connectivity index is 1.80. The molecule has 0 aromatic heterocycles. The van der Waals surface area contributed by atoms with Gasteiger partial charge in [-0.3, -0.25) is 9.69 Å². The van der Waals surface area contributed by atoms with Crippen LogP contribution in [0, 0.1) is 0 Å². The molecule has 0 spiro atoms. The first-order chi connectivity index (χ1) is 10.1. The second kappa shape index (κ2) is 8.06. The van der Waals surface area contributed by atoms with Crippen molar-refractivity contribution in [3.8, 4) is 0 Å². The van der Waals surface area contributed by atoms with Crippen molar-refractivity contribution in [3.63, 3.8) is 0 Å². The minimum atomic E-state index is 0.216. The van der Waals surface area contributed by atoms with Gasteiger partial charge in [0, 0.05) is 35.6 Å². The van der Waals surface area contributed by atoms with E-state index in [-0.39, 0.29) is 5.78 Å². The summed E-state index contributed by atoms with van der Waals surface area (Å²) in [5.74, 6) is 0.216. The zero-order valence-electron chi connectivity index (χ0n) is 13.0. The van der Waals surface area contributed by atoms with Crippen LogP contribution < -0.4 is 0 Å². The number of carbonyl (C=O) groups excluding carboxylic acids is 1. The average Bonchev–Trinajstić information content (AvgIpc) is 2.92. The molecule has 3 nitrogen and oxygen atoms in total. The first kappa shape index (κ1) is 16.7. The number of halogens is 1. The van der Waals surface area contributed by atoms with Crippen molar-refractivity contribution in [2.24, 2.45) is 0 Å². The molecule has 1 fully saturated rings. The van der Waals surface area contributed by atoms with Crippen LogP contribution in [0.25, 0.3) is 0 Å². The number of ketones is 1. The fourth-order valence-electron chi connectivity index (χ4n) is 3.08. The number of nitrogens with zero attached hydrogens (tertiary/aromatic N) is 2. The average molecular weight is 353 g/mol. The highest BCUT2D eigenvalue weighted by atomic mass is 79.9. The van der Waals surface area contributed by atoms with Gasteiger partial charge in [-0.2, -0.15) is 0 Å². The van der Waals surface area contributed by atoms with Crippen LogP contribution in [0.2, 0.25) is 0 Å². The predicted octanol–water partition coefficient (Wildman–Crippen LogP) is 3.44. The van der Waals surface area contributed by atoms with Gasteiger partial charge in [0.05, 0.1) is 0 Å². The van der Waals surface area contributed by atoms with Crippen molar-refractivity contribution in [1.82, 2.24) is 9.80 Å². The van der Waals surface area contributed by atoms with Gasteiger partial charge in [0.15, 0.2) is 5.78 Å². The van der Waals surface area contributed by atoms with Gasteiger partial charge in [0.25, 0.3) is 0 Å². The van der Waals surface area contributed by atoms with Crippen LogP contribution in [0.3, 0.4) is 0 Å². The van der Waals surface area contributed by atoms with Crippen molar-refractivity contribution in [1.29, 1.82) is 0 Å². The molecule has 0 saturated carbocycles. The quantitative estimate of drug-likeness (QED) is 0.702. The van der Waals surface area contributed by atoms with E-state index in [4.69, 9.17) is 0 Å². The lowest BCUT2D eigenvalue weighted by Gasteiger charge is -2.27. The van der Waals surface area contributed by atoms with Gasteiger partial charge in [-0.1, -0.05) is 41.1 Å². The molecule has 1 aromatic rings. The third kappa shape index (κ3) is 4.63. The first-order valence-corrected chi connectivity index (χ1v) is 8.61. The molecule has 1 unspecified atom stereocenters. The highest BCUT2D eigenvalue weighted by Gasteiger charge is 2.24. The molecule has 116 valence electrons. The van der Waals surface area contributed by atoms with Crippen LogP contribution in [-0.4, -0.2) is 54.9 Å². The van der Waals surface area contributed by atoms with Crippen LogP contribution in [0.1, 0.15) is 36.5 Å². The monoisotopic (exact) mass is 352 g/mol. The SMILES string of the molecule is CCN1CCCC1CN(C)CCC(=O)c1ccccc1Br. The maximum Gasteiger partial charge on any atom is 0.165 e. The van der Waals surface area contributed by atoms with E-state index < -0.39 is 0 Å². The zero-order chi connectivity index (χ0) is 15.2. The first-order valence-electron chi connectivity index (χ1n) is 7.82. The molecule has 2 rings (SSSR count). The van der Waals surface area contributed by atoms with Crippen LogP contribution >= 0.6 is 15.9 Å². The lowest BCUT2D eigenvalue weighted by atomic mass is 10.1. The third-order valence-electron chi connectivity index (χ3n) is 4.32. The summed E-state index contributed by atoms with van der Waals surface area (Å²) in [6.45, 7) is 6.49. The van der Waals surface area contributed by atoms with E-state index in [1.165, 1.54) is 19.4 Å². The molecule has 1 aromatic carbocycles. The van der Waals surface area contributed by atoms with Crippen molar-refractivity contribution in [2.75, 3.05) is 33.2 Å². The lowest BCUT2D eigenvalue weighted by Crippen LogP contribution is -2.39. The number of hydrogen-bond acceptors (Lipinski definition) is 3. The molecular weight excluding hydrogens is 328 g/mol. The molecule has 1 atom stereocenters. The van der Waals surface area contributed by atoms with Gasteiger partial charge in [0.2, 0.25) is 0 Å². The molecule has 0 N–H and O–H groups in total. The van der Waals surface area contributed by atoms with Gasteiger partial charge in [0.1, 0.15) is 0 Å². The summed E-state index contributed by atoms with van der Waals surface area (Å²) >= 11 is 3.45. The zero-order valence-corrected chi connectivity index (χ0v) is 14.6. The molecule has 21 heavy (non-hydrogen) atoms. The molecule has 1 heterocycles. The molecule has 4 heteroatoms. The summed E-state index contributed by atoms with van der Waals surface area (Å²) in [6.07, 6.45) is 3.18. The topological polar surface area (TPSA) is 23.6 Å². The summed E-state index contributed by atoms with van der Waals surface area (Å²) in [7, 11) is 2.12. The van der Waals surface area contributed by atoms with Crippen LogP contribution in [0.4, 0.5) is 0 Å². The number of rotatable bonds is 7. The Morgan fingerprint density at radius 3 is 2.90 bits per heavy atom. The van der Waals surface area contributed by atoms with Gasteiger partial charge in [-0.25, -0.2) is 0 Å². The van der Waals surface area contributed by atoms with E-state index in [9.17, 15) is 4.79 Å². The van der Waals surface area contributed by atoms with E-state index in [1.807, 2.05) is 24.3 Å². The van der Waals surface area contributed by atoms with Gasteiger partial charge < -0.3 is 4.90 Å². The number of likely N-dealkylation sites (tertiary alicyclic amines) is 1. The summed E-state index contributed by atoms with van der Waals surface area (Å²) in [4.78, 5) is 17.1. The molecule has 0 bridgehead atoms. The lowest BCUT2D eigenvalue weighted by molar-refractivity contribution is 0.0962.